The van der Waals surface area contributed by atoms with Gasteiger partial charge in [0, 0.05) is 12.8 Å². The zero-order valence-corrected chi connectivity index (χ0v) is 40.4. The summed E-state index contributed by atoms with van der Waals surface area (Å²) in [5, 5.41) is 23.1. The van der Waals surface area contributed by atoms with Gasteiger partial charge in [-0.05, 0) is 96.3 Å². The fraction of sp³-hybridized carbons (Fsp3) is 0.818. The monoisotopic (exact) mass is 856 g/mol. The number of unbranched alkanes of at least 4 members (excludes halogenated alkanes) is 29. The van der Waals surface area contributed by atoms with Crippen LogP contribution in [0, 0.1) is 0 Å². The minimum absolute atomic E-state index is 0.0298. The molecule has 2 unspecified atom stereocenters. The van der Waals surface area contributed by atoms with Gasteiger partial charge in [0.05, 0.1) is 25.4 Å². The van der Waals surface area contributed by atoms with Gasteiger partial charge >= 0.3 is 5.97 Å². The van der Waals surface area contributed by atoms with Crippen LogP contribution in [0.2, 0.25) is 0 Å². The lowest BCUT2D eigenvalue weighted by Crippen LogP contribution is -2.45. The number of ether oxygens (including phenoxy) is 1. The Morgan fingerprint density at radius 1 is 0.459 bits per heavy atom. The molecule has 0 rings (SSSR count). The second kappa shape index (κ2) is 50.5. The molecular weight excluding hydrogens is 755 g/mol. The Morgan fingerprint density at radius 2 is 0.820 bits per heavy atom. The van der Waals surface area contributed by atoms with Crippen molar-refractivity contribution in [1.82, 2.24) is 5.32 Å². The highest BCUT2D eigenvalue weighted by Crippen LogP contribution is 2.15. The van der Waals surface area contributed by atoms with Crippen LogP contribution in [0.25, 0.3) is 0 Å². The number of carbonyl (C=O) groups excluding carboxylic acids is 2. The van der Waals surface area contributed by atoms with Gasteiger partial charge in [-0.15, -0.1) is 0 Å². The topological polar surface area (TPSA) is 95.9 Å². The molecule has 3 N–H and O–H groups in total. The van der Waals surface area contributed by atoms with Crippen molar-refractivity contribution in [3.63, 3.8) is 0 Å². The van der Waals surface area contributed by atoms with Crippen molar-refractivity contribution in [3.8, 4) is 0 Å². The van der Waals surface area contributed by atoms with E-state index in [9.17, 15) is 19.8 Å². The normalized spacial score (nSPS) is 13.0. The maximum atomic E-state index is 12.4. The lowest BCUT2D eigenvalue weighted by Gasteiger charge is -2.22. The van der Waals surface area contributed by atoms with E-state index in [2.05, 4.69) is 67.8 Å². The molecule has 0 aliphatic rings. The molecule has 0 aliphatic carbocycles. The zero-order chi connectivity index (χ0) is 44.4. The Morgan fingerprint density at radius 3 is 1.26 bits per heavy atom. The van der Waals surface area contributed by atoms with E-state index in [-0.39, 0.29) is 18.5 Å². The molecule has 0 radical (unpaired) electrons. The fourth-order valence-electron chi connectivity index (χ4n) is 7.76. The van der Waals surface area contributed by atoms with Crippen LogP contribution in [0.15, 0.2) is 48.6 Å². The SMILES string of the molecule is CCCCCC/C=C\C/C=C\CCCCCCCC(=O)OCCCCC/C=C\C/C=C\CCCCCCCCCC(=O)NC(CO)C(O)CCCCCCCCCCCCC. The molecule has 0 aromatic heterocycles. The molecule has 0 saturated carbocycles. The standard InChI is InChI=1S/C55H101NO5/c1-3-5-7-9-11-13-15-16-17-22-25-29-33-37-41-45-49-55(60)61-50-46-42-38-34-30-26-23-20-18-19-21-24-28-32-36-40-44-48-54(59)56-52(51-57)53(58)47-43-39-35-31-27-14-12-10-8-6-4-2/h13,15,17-18,20,22,26,30,52-53,57-58H,3-12,14,16,19,21,23-25,27-29,31-51H2,1-2H3,(H,56,59)/b15-13-,20-18-,22-17-,30-26-. The maximum absolute atomic E-state index is 12.4. The molecule has 0 saturated heterocycles. The van der Waals surface area contributed by atoms with Crippen molar-refractivity contribution in [3.05, 3.63) is 48.6 Å². The number of aliphatic hydroxyl groups is 2. The van der Waals surface area contributed by atoms with E-state index in [4.69, 9.17) is 4.74 Å². The van der Waals surface area contributed by atoms with Crippen LogP contribution < -0.4 is 5.32 Å². The predicted molar refractivity (Wildman–Crippen MR) is 264 cm³/mol. The number of carbonyl (C=O) groups is 2. The highest BCUT2D eigenvalue weighted by Gasteiger charge is 2.20. The van der Waals surface area contributed by atoms with Crippen molar-refractivity contribution in [2.24, 2.45) is 0 Å². The summed E-state index contributed by atoms with van der Waals surface area (Å²) in [6, 6.07) is -0.553. The molecule has 0 aliphatic heterocycles. The van der Waals surface area contributed by atoms with Gasteiger partial charge in [0.25, 0.3) is 0 Å². The summed E-state index contributed by atoms with van der Waals surface area (Å²) in [7, 11) is 0. The van der Waals surface area contributed by atoms with Gasteiger partial charge in [-0.2, -0.15) is 0 Å². The van der Waals surface area contributed by atoms with Crippen LogP contribution in [0.4, 0.5) is 0 Å². The molecule has 356 valence electrons. The molecule has 6 heteroatoms. The van der Waals surface area contributed by atoms with Gasteiger partial charge in [-0.1, -0.05) is 204 Å². The summed E-state index contributed by atoms with van der Waals surface area (Å²) in [5.41, 5.74) is 0. The first-order chi connectivity index (χ1) is 30.0. The molecule has 1 amide bonds. The Balaban J connectivity index is 3.51. The molecular formula is C55H101NO5. The number of allylic oxidation sites excluding steroid dienone is 8. The van der Waals surface area contributed by atoms with Gasteiger partial charge < -0.3 is 20.3 Å². The number of aliphatic hydroxyl groups excluding tert-OH is 2. The van der Waals surface area contributed by atoms with E-state index in [0.717, 1.165) is 96.3 Å². The third-order valence-electron chi connectivity index (χ3n) is 11.9. The molecule has 0 heterocycles. The number of nitrogens with one attached hydrogen (secondary N) is 1. The molecule has 61 heavy (non-hydrogen) atoms. The number of esters is 1. The summed E-state index contributed by atoms with van der Waals surface area (Å²) >= 11 is 0. The Kier molecular flexibility index (Phi) is 48.7. The van der Waals surface area contributed by atoms with Crippen molar-refractivity contribution < 1.29 is 24.5 Å². The van der Waals surface area contributed by atoms with E-state index in [1.807, 2.05) is 0 Å². The van der Waals surface area contributed by atoms with Crippen LogP contribution in [-0.4, -0.2) is 47.4 Å². The molecule has 2 atom stereocenters. The van der Waals surface area contributed by atoms with Gasteiger partial charge in [-0.3, -0.25) is 9.59 Å². The largest absolute Gasteiger partial charge is 0.466 e. The minimum Gasteiger partial charge on any atom is -0.466 e. The number of rotatable bonds is 48. The second-order valence-electron chi connectivity index (χ2n) is 17.8. The Bertz CT molecular complexity index is 1040. The van der Waals surface area contributed by atoms with Crippen molar-refractivity contribution in [2.75, 3.05) is 13.2 Å². The first kappa shape index (κ1) is 58.8. The fourth-order valence-corrected chi connectivity index (χ4v) is 7.76. The molecule has 0 bridgehead atoms. The Labute approximate surface area is 378 Å². The van der Waals surface area contributed by atoms with Crippen molar-refractivity contribution in [2.45, 2.75) is 276 Å². The van der Waals surface area contributed by atoms with E-state index in [0.29, 0.717) is 25.9 Å². The molecule has 6 nitrogen and oxygen atoms in total. The van der Waals surface area contributed by atoms with Crippen LogP contribution >= 0.6 is 0 Å². The zero-order valence-electron chi connectivity index (χ0n) is 40.4. The van der Waals surface area contributed by atoms with E-state index >= 15 is 0 Å². The summed E-state index contributed by atoms with van der Waals surface area (Å²) < 4.78 is 5.44. The van der Waals surface area contributed by atoms with Crippen LogP contribution in [0.1, 0.15) is 264 Å². The average molecular weight is 856 g/mol. The van der Waals surface area contributed by atoms with Crippen molar-refractivity contribution >= 4 is 11.9 Å². The minimum atomic E-state index is -0.674. The van der Waals surface area contributed by atoms with Crippen molar-refractivity contribution in [1.29, 1.82) is 0 Å². The highest BCUT2D eigenvalue weighted by molar-refractivity contribution is 5.76. The molecule has 0 aromatic rings. The number of hydrogen-bond acceptors (Lipinski definition) is 5. The van der Waals surface area contributed by atoms with Crippen LogP contribution in [0.3, 0.4) is 0 Å². The summed E-state index contributed by atoms with van der Waals surface area (Å²) in [6.45, 7) is 4.86. The van der Waals surface area contributed by atoms with Crippen LogP contribution in [-0.2, 0) is 14.3 Å². The average Bonchev–Trinajstić information content (AvgIpc) is 3.26. The van der Waals surface area contributed by atoms with E-state index in [1.165, 1.54) is 135 Å². The highest BCUT2D eigenvalue weighted by atomic mass is 16.5. The first-order valence-corrected chi connectivity index (χ1v) is 26.4. The number of hydrogen-bond donors (Lipinski definition) is 3. The Hall–Kier alpha value is -2.18. The lowest BCUT2D eigenvalue weighted by molar-refractivity contribution is -0.143. The third-order valence-corrected chi connectivity index (χ3v) is 11.9. The molecule has 0 spiro atoms. The van der Waals surface area contributed by atoms with Gasteiger partial charge in [0.15, 0.2) is 0 Å². The quantitative estimate of drug-likeness (QED) is 0.0322. The predicted octanol–water partition coefficient (Wildman–Crippen LogP) is 15.8. The third kappa shape index (κ3) is 47.1. The van der Waals surface area contributed by atoms with Gasteiger partial charge in [-0.25, -0.2) is 0 Å². The van der Waals surface area contributed by atoms with E-state index in [1.54, 1.807) is 0 Å². The molecule has 0 aromatic carbocycles. The van der Waals surface area contributed by atoms with E-state index < -0.39 is 12.1 Å². The van der Waals surface area contributed by atoms with Crippen LogP contribution in [0.5, 0.6) is 0 Å². The maximum Gasteiger partial charge on any atom is 0.305 e. The summed E-state index contributed by atoms with van der Waals surface area (Å²) in [6.07, 6.45) is 62.3. The first-order valence-electron chi connectivity index (χ1n) is 26.4. The van der Waals surface area contributed by atoms with Gasteiger partial charge in [0.2, 0.25) is 5.91 Å². The van der Waals surface area contributed by atoms with Gasteiger partial charge in [0.1, 0.15) is 0 Å². The number of amides is 1. The summed E-state index contributed by atoms with van der Waals surface area (Å²) in [4.78, 5) is 24.4. The summed E-state index contributed by atoms with van der Waals surface area (Å²) in [5.74, 6) is -0.0838. The lowest BCUT2D eigenvalue weighted by atomic mass is 10.0. The smallest absolute Gasteiger partial charge is 0.305 e. The molecule has 0 fully saturated rings. The second-order valence-corrected chi connectivity index (χ2v) is 17.8.